The number of benzene rings is 2. The number of anilines is 1. The molecule has 0 bridgehead atoms. The Hall–Kier alpha value is -3.65. The highest BCUT2D eigenvalue weighted by molar-refractivity contribution is 7.17. The van der Waals surface area contributed by atoms with Gasteiger partial charge < -0.3 is 19.7 Å². The molecule has 33 heavy (non-hydrogen) atoms. The number of hydrogen-bond donors (Lipinski definition) is 1. The van der Waals surface area contributed by atoms with E-state index in [4.69, 9.17) is 9.47 Å². The van der Waals surface area contributed by atoms with Crippen LogP contribution in [0.4, 0.5) is 9.80 Å². The molecule has 7 nitrogen and oxygen atoms in total. The van der Waals surface area contributed by atoms with Crippen molar-refractivity contribution in [2.45, 2.75) is 19.9 Å². The Morgan fingerprint density at radius 1 is 1.03 bits per heavy atom. The first kappa shape index (κ1) is 22.5. The third kappa shape index (κ3) is 4.75. The lowest BCUT2D eigenvalue weighted by Gasteiger charge is -2.26. The summed E-state index contributed by atoms with van der Waals surface area (Å²) in [4.78, 5) is 40.0. The first-order chi connectivity index (χ1) is 16.0. The third-order valence-corrected chi connectivity index (χ3v) is 6.59. The number of methoxy groups -OCH3 is 1. The van der Waals surface area contributed by atoms with Crippen LogP contribution in [0.15, 0.2) is 54.6 Å². The van der Waals surface area contributed by atoms with Gasteiger partial charge in [-0.2, -0.15) is 0 Å². The maximum absolute atomic E-state index is 13.0. The van der Waals surface area contributed by atoms with Crippen LogP contribution in [0.5, 0.6) is 0 Å². The molecule has 8 heteroatoms. The maximum atomic E-state index is 13.0. The van der Waals surface area contributed by atoms with Crippen molar-refractivity contribution in [1.82, 2.24) is 4.90 Å². The lowest BCUT2D eigenvalue weighted by Crippen LogP contribution is -2.36. The number of esters is 1. The molecule has 0 saturated heterocycles. The Morgan fingerprint density at radius 2 is 1.73 bits per heavy atom. The number of carbonyl (C=O) groups is 3. The minimum Gasteiger partial charge on any atom is -0.465 e. The minimum absolute atomic E-state index is 0.296. The van der Waals surface area contributed by atoms with E-state index >= 15 is 0 Å². The molecule has 0 aliphatic carbocycles. The maximum Gasteiger partial charge on any atom is 0.410 e. The molecule has 4 rings (SSSR count). The van der Waals surface area contributed by atoms with Gasteiger partial charge in [-0.1, -0.05) is 42.5 Å². The third-order valence-electron chi connectivity index (χ3n) is 5.45. The van der Waals surface area contributed by atoms with Crippen LogP contribution < -0.4 is 5.32 Å². The van der Waals surface area contributed by atoms with Crippen molar-refractivity contribution < 1.29 is 23.9 Å². The minimum atomic E-state index is -0.508. The van der Waals surface area contributed by atoms with Crippen molar-refractivity contribution in [2.75, 3.05) is 25.6 Å². The lowest BCUT2D eigenvalue weighted by atomic mass is 10.0. The molecule has 0 unspecified atom stereocenters. The zero-order valence-corrected chi connectivity index (χ0v) is 19.2. The zero-order valence-electron chi connectivity index (χ0n) is 18.4. The largest absolute Gasteiger partial charge is 0.465 e. The van der Waals surface area contributed by atoms with E-state index in [1.54, 1.807) is 24.0 Å². The number of hydrogen-bond acceptors (Lipinski definition) is 6. The van der Waals surface area contributed by atoms with Crippen molar-refractivity contribution in [3.05, 3.63) is 76.2 Å². The van der Waals surface area contributed by atoms with E-state index < -0.39 is 5.97 Å². The van der Waals surface area contributed by atoms with E-state index in [1.807, 2.05) is 42.5 Å². The van der Waals surface area contributed by atoms with Crippen LogP contribution in [0.25, 0.3) is 11.1 Å². The molecule has 1 N–H and O–H groups in total. The van der Waals surface area contributed by atoms with Crippen molar-refractivity contribution in [3.8, 4) is 11.1 Å². The van der Waals surface area contributed by atoms with E-state index in [2.05, 4.69) is 5.32 Å². The first-order valence-electron chi connectivity index (χ1n) is 10.6. The second-order valence-electron chi connectivity index (χ2n) is 7.47. The summed E-state index contributed by atoms with van der Waals surface area (Å²) in [6.45, 7) is 2.81. The molecule has 1 aliphatic rings. The van der Waals surface area contributed by atoms with Gasteiger partial charge in [0.2, 0.25) is 0 Å². The van der Waals surface area contributed by atoms with E-state index in [1.165, 1.54) is 18.4 Å². The normalized spacial score (nSPS) is 12.6. The quantitative estimate of drug-likeness (QED) is 0.539. The SMILES string of the molecule is CCOC(=O)N1CCc2c(sc(NC(=O)c3ccc(-c4ccccc4)cc3)c2C(=O)OC)C1. The number of carbonyl (C=O) groups excluding carboxylic acids is 3. The number of thiophene rings is 1. The summed E-state index contributed by atoms with van der Waals surface area (Å²) in [7, 11) is 1.31. The van der Waals surface area contributed by atoms with E-state index in [-0.39, 0.29) is 12.0 Å². The smallest absolute Gasteiger partial charge is 0.410 e. The summed E-state index contributed by atoms with van der Waals surface area (Å²) in [5, 5.41) is 3.30. The molecular formula is C25H24N2O5S. The molecule has 2 amide bonds. The molecule has 0 radical (unpaired) electrons. The summed E-state index contributed by atoms with van der Waals surface area (Å²) in [5.41, 5.74) is 3.71. The molecule has 0 spiro atoms. The number of ether oxygens (including phenoxy) is 2. The number of amides is 2. The van der Waals surface area contributed by atoms with Gasteiger partial charge in [0.25, 0.3) is 5.91 Å². The van der Waals surface area contributed by atoms with E-state index in [9.17, 15) is 14.4 Å². The molecule has 1 aromatic heterocycles. The lowest BCUT2D eigenvalue weighted by molar-refractivity contribution is 0.0600. The summed E-state index contributed by atoms with van der Waals surface area (Å²) in [5.74, 6) is -0.826. The second-order valence-corrected chi connectivity index (χ2v) is 8.57. The van der Waals surface area contributed by atoms with Crippen molar-refractivity contribution in [1.29, 1.82) is 0 Å². The number of nitrogens with one attached hydrogen (secondary N) is 1. The fourth-order valence-corrected chi connectivity index (χ4v) is 5.05. The van der Waals surface area contributed by atoms with Crippen LogP contribution in [0.2, 0.25) is 0 Å². The average molecular weight is 465 g/mol. The Labute approximate surface area is 195 Å². The van der Waals surface area contributed by atoms with Crippen molar-refractivity contribution in [3.63, 3.8) is 0 Å². The highest BCUT2D eigenvalue weighted by Crippen LogP contribution is 2.38. The molecule has 1 aliphatic heterocycles. The molecule has 3 aromatic rings. The van der Waals surface area contributed by atoms with Gasteiger partial charge in [0.05, 0.1) is 25.8 Å². The molecule has 0 fully saturated rings. The van der Waals surface area contributed by atoms with Gasteiger partial charge in [-0.25, -0.2) is 9.59 Å². The van der Waals surface area contributed by atoms with Crippen LogP contribution >= 0.6 is 11.3 Å². The Morgan fingerprint density at radius 3 is 2.39 bits per heavy atom. The number of fused-ring (bicyclic) bond motifs is 1. The standard InChI is InChI=1S/C25H24N2O5S/c1-3-32-25(30)27-14-13-19-20(15-27)33-23(21(19)24(29)31-2)26-22(28)18-11-9-17(10-12-18)16-7-5-4-6-8-16/h4-12H,3,13-15H2,1-2H3,(H,26,28). The molecule has 0 atom stereocenters. The van der Waals surface area contributed by atoms with Crippen molar-refractivity contribution in [2.24, 2.45) is 0 Å². The number of nitrogens with zero attached hydrogens (tertiary/aromatic N) is 1. The number of rotatable bonds is 5. The van der Waals surface area contributed by atoms with Gasteiger partial charge in [0.1, 0.15) is 5.00 Å². The van der Waals surface area contributed by atoms with Gasteiger partial charge >= 0.3 is 12.1 Å². The molecule has 170 valence electrons. The predicted octanol–water partition coefficient (Wildman–Crippen LogP) is 4.97. The predicted molar refractivity (Wildman–Crippen MR) is 127 cm³/mol. The summed E-state index contributed by atoms with van der Waals surface area (Å²) < 4.78 is 10.1. The first-order valence-corrected chi connectivity index (χ1v) is 11.4. The van der Waals surface area contributed by atoms with Gasteiger partial charge in [-0.3, -0.25) is 4.79 Å². The topological polar surface area (TPSA) is 84.9 Å². The van der Waals surface area contributed by atoms with Crippen LogP contribution in [0, 0.1) is 0 Å². The molecular weight excluding hydrogens is 440 g/mol. The summed E-state index contributed by atoms with van der Waals surface area (Å²) in [6, 6.07) is 17.2. The molecule has 2 aromatic carbocycles. The Balaban J connectivity index is 1.57. The fourth-order valence-electron chi connectivity index (χ4n) is 3.80. The van der Waals surface area contributed by atoms with Gasteiger partial charge in [-0.15, -0.1) is 11.3 Å². The zero-order chi connectivity index (χ0) is 23.4. The van der Waals surface area contributed by atoms with Crippen molar-refractivity contribution >= 4 is 34.3 Å². The molecule has 0 saturated carbocycles. The van der Waals surface area contributed by atoms with Crippen LogP contribution in [0.1, 0.15) is 38.1 Å². The Bertz CT molecular complexity index is 1170. The second kappa shape index (κ2) is 9.87. The summed E-state index contributed by atoms with van der Waals surface area (Å²) in [6.07, 6.45) is 0.0942. The van der Waals surface area contributed by atoms with Crippen LogP contribution in [-0.4, -0.2) is 43.1 Å². The van der Waals surface area contributed by atoms with E-state index in [0.717, 1.165) is 21.6 Å². The van der Waals surface area contributed by atoms with Gasteiger partial charge in [0.15, 0.2) is 0 Å². The fraction of sp³-hybridized carbons (Fsp3) is 0.240. The highest BCUT2D eigenvalue weighted by Gasteiger charge is 2.31. The molecule has 2 heterocycles. The van der Waals surface area contributed by atoms with Gasteiger partial charge in [-0.05, 0) is 42.2 Å². The van der Waals surface area contributed by atoms with Gasteiger partial charge in [0, 0.05) is 17.0 Å². The summed E-state index contributed by atoms with van der Waals surface area (Å²) >= 11 is 1.29. The van der Waals surface area contributed by atoms with Crippen LogP contribution in [0.3, 0.4) is 0 Å². The average Bonchev–Trinajstić information content (AvgIpc) is 3.21. The van der Waals surface area contributed by atoms with Crippen LogP contribution in [-0.2, 0) is 22.4 Å². The highest BCUT2D eigenvalue weighted by atomic mass is 32.1. The monoisotopic (exact) mass is 464 g/mol. The van der Waals surface area contributed by atoms with E-state index in [0.29, 0.717) is 42.2 Å². The Kier molecular flexibility index (Phi) is 6.74.